The number of urea groups is 1. The first-order valence-electron chi connectivity index (χ1n) is 11.6. The van der Waals surface area contributed by atoms with Crippen LogP contribution >= 0.6 is 0 Å². The van der Waals surface area contributed by atoms with Crippen LogP contribution in [0.1, 0.15) is 17.5 Å². The van der Waals surface area contributed by atoms with Gasteiger partial charge in [0.25, 0.3) is 0 Å². The van der Waals surface area contributed by atoms with Gasteiger partial charge in [0.1, 0.15) is 0 Å². The van der Waals surface area contributed by atoms with E-state index in [-0.39, 0.29) is 6.03 Å². The second-order valence-electron chi connectivity index (χ2n) is 8.55. The van der Waals surface area contributed by atoms with E-state index in [4.69, 9.17) is 9.97 Å². The van der Waals surface area contributed by atoms with Crippen molar-refractivity contribution in [3.63, 3.8) is 0 Å². The van der Waals surface area contributed by atoms with Gasteiger partial charge in [-0.2, -0.15) is 0 Å². The molecule has 0 saturated heterocycles. The minimum atomic E-state index is -0.251. The minimum Gasteiger partial charge on any atom is -0.367 e. The van der Waals surface area contributed by atoms with Gasteiger partial charge in [0.05, 0.1) is 29.3 Å². The monoisotopic (exact) mass is 468 g/mol. The Hall–Kier alpha value is -4.40. The largest absolute Gasteiger partial charge is 0.367 e. The number of nitrogens with zero attached hydrogens (tertiary/aromatic N) is 5. The molecule has 3 N–H and O–H groups in total. The third-order valence-corrected chi connectivity index (χ3v) is 6.15. The van der Waals surface area contributed by atoms with E-state index in [1.165, 1.54) is 11.1 Å². The number of rotatable bonds is 7. The molecular formula is C26H28N8O. The molecule has 0 aliphatic heterocycles. The molecule has 2 aromatic carbocycles. The van der Waals surface area contributed by atoms with Gasteiger partial charge in [-0.15, -0.1) is 0 Å². The molecular weight excluding hydrogens is 440 g/mol. The van der Waals surface area contributed by atoms with Crippen molar-refractivity contribution in [1.29, 1.82) is 0 Å². The van der Waals surface area contributed by atoms with E-state index in [1.807, 2.05) is 43.0 Å². The maximum Gasteiger partial charge on any atom is 0.318 e. The first-order valence-corrected chi connectivity index (χ1v) is 11.6. The fourth-order valence-corrected chi connectivity index (χ4v) is 4.12. The quantitative estimate of drug-likeness (QED) is 0.303. The second kappa shape index (κ2) is 9.46. The first kappa shape index (κ1) is 22.4. The van der Waals surface area contributed by atoms with Gasteiger partial charge in [-0.1, -0.05) is 12.1 Å². The van der Waals surface area contributed by atoms with Crippen molar-refractivity contribution in [3.05, 3.63) is 72.4 Å². The zero-order valence-corrected chi connectivity index (χ0v) is 20.0. The molecule has 0 aliphatic carbocycles. The van der Waals surface area contributed by atoms with Crippen molar-refractivity contribution in [2.75, 3.05) is 24.2 Å². The Kier molecular flexibility index (Phi) is 6.05. The molecule has 0 aliphatic rings. The van der Waals surface area contributed by atoms with E-state index in [0.717, 1.165) is 59.0 Å². The lowest BCUT2D eigenvalue weighted by Crippen LogP contribution is -2.24. The molecule has 0 unspecified atom stereocenters. The summed E-state index contributed by atoms with van der Waals surface area (Å²) < 4.78 is 4.22. The zero-order chi connectivity index (χ0) is 24.4. The summed E-state index contributed by atoms with van der Waals surface area (Å²) in [5.74, 6) is 0.760. The van der Waals surface area contributed by atoms with Gasteiger partial charge in [-0.3, -0.25) is 4.40 Å². The number of hydrogen-bond acceptors (Lipinski definition) is 5. The summed E-state index contributed by atoms with van der Waals surface area (Å²) in [5, 5.41) is 8.85. The lowest BCUT2D eigenvalue weighted by molar-refractivity contribution is 0.254. The number of carbonyl (C=O) groups excluding carboxylic acids is 1. The van der Waals surface area contributed by atoms with Crippen LogP contribution in [0, 0.1) is 13.8 Å². The summed E-state index contributed by atoms with van der Waals surface area (Å²) >= 11 is 0. The van der Waals surface area contributed by atoms with Crippen LogP contribution in [0.15, 0.2) is 61.3 Å². The van der Waals surface area contributed by atoms with Crippen molar-refractivity contribution in [2.45, 2.75) is 26.8 Å². The molecule has 9 heteroatoms. The Morgan fingerprint density at radius 1 is 1.09 bits per heavy atom. The second-order valence-corrected chi connectivity index (χ2v) is 8.55. The number of nitrogens with one attached hydrogen (secondary N) is 3. The molecule has 9 nitrogen and oxygen atoms in total. The summed E-state index contributed by atoms with van der Waals surface area (Å²) in [6.07, 6.45) is 8.40. The molecule has 3 heterocycles. The van der Waals surface area contributed by atoms with Crippen LogP contribution in [0.3, 0.4) is 0 Å². The van der Waals surface area contributed by atoms with E-state index in [1.54, 1.807) is 13.2 Å². The Labute approximate surface area is 203 Å². The topological polar surface area (TPSA) is 101 Å². The lowest BCUT2D eigenvalue weighted by Gasteiger charge is -2.13. The third kappa shape index (κ3) is 4.52. The van der Waals surface area contributed by atoms with Gasteiger partial charge in [-0.25, -0.2) is 19.7 Å². The standard InChI is InChI=1S/C26H28N8O/c1-17-13-21-22(14-18(17)2)34-23(19-5-7-20(8-6-19)31-26(35)27-3)15-30-25(34)24(32-21)29-9-4-11-33-12-10-28-16-33/h5-8,10,12-16H,4,9,11H2,1-3H3,(H,29,32)(H2,27,31,35). The molecule has 0 atom stereocenters. The fourth-order valence-electron chi connectivity index (χ4n) is 4.12. The van der Waals surface area contributed by atoms with Crippen LogP contribution in [0.5, 0.6) is 0 Å². The molecule has 5 rings (SSSR count). The highest BCUT2D eigenvalue weighted by atomic mass is 16.2. The number of aryl methyl sites for hydroxylation is 3. The number of hydrogen-bond donors (Lipinski definition) is 3. The smallest absolute Gasteiger partial charge is 0.318 e. The van der Waals surface area contributed by atoms with Crippen molar-refractivity contribution >= 4 is 34.2 Å². The van der Waals surface area contributed by atoms with E-state index in [2.05, 4.69) is 55.9 Å². The van der Waals surface area contributed by atoms with Gasteiger partial charge >= 0.3 is 6.03 Å². The Morgan fingerprint density at radius 3 is 2.63 bits per heavy atom. The normalized spacial score (nSPS) is 11.2. The summed E-state index contributed by atoms with van der Waals surface area (Å²) in [7, 11) is 1.59. The van der Waals surface area contributed by atoms with Crippen LogP contribution in [-0.4, -0.2) is 43.5 Å². The molecule has 0 bridgehead atoms. The van der Waals surface area contributed by atoms with E-state index in [9.17, 15) is 4.79 Å². The Morgan fingerprint density at radius 2 is 1.89 bits per heavy atom. The van der Waals surface area contributed by atoms with Gasteiger partial charge < -0.3 is 20.5 Å². The highest BCUT2D eigenvalue weighted by Crippen LogP contribution is 2.30. The Bertz CT molecular complexity index is 1490. The summed E-state index contributed by atoms with van der Waals surface area (Å²) in [5.41, 5.74) is 7.78. The predicted molar refractivity (Wildman–Crippen MR) is 139 cm³/mol. The van der Waals surface area contributed by atoms with Gasteiger partial charge in [0, 0.05) is 43.8 Å². The van der Waals surface area contributed by atoms with Crippen molar-refractivity contribution in [3.8, 4) is 11.3 Å². The molecule has 5 aromatic rings. The Balaban J connectivity index is 1.52. The zero-order valence-electron chi connectivity index (χ0n) is 20.0. The molecule has 0 spiro atoms. The summed E-state index contributed by atoms with van der Waals surface area (Å²) in [6.45, 7) is 5.86. The number of fused-ring (bicyclic) bond motifs is 3. The third-order valence-electron chi connectivity index (χ3n) is 6.15. The lowest BCUT2D eigenvalue weighted by atomic mass is 10.1. The first-order chi connectivity index (χ1) is 17.0. The highest BCUT2D eigenvalue weighted by Gasteiger charge is 2.16. The van der Waals surface area contributed by atoms with Crippen LogP contribution in [0.2, 0.25) is 0 Å². The summed E-state index contributed by atoms with van der Waals surface area (Å²) in [4.78, 5) is 25.4. The molecule has 0 radical (unpaired) electrons. The van der Waals surface area contributed by atoms with E-state index in [0.29, 0.717) is 0 Å². The van der Waals surface area contributed by atoms with E-state index < -0.39 is 0 Å². The van der Waals surface area contributed by atoms with Crippen LogP contribution in [0.25, 0.3) is 27.9 Å². The number of aromatic nitrogens is 5. The number of imidazole rings is 2. The number of carbonyl (C=O) groups is 1. The van der Waals surface area contributed by atoms with Gasteiger partial charge in [-0.05, 0) is 55.7 Å². The minimum absolute atomic E-state index is 0.251. The van der Waals surface area contributed by atoms with E-state index >= 15 is 0 Å². The van der Waals surface area contributed by atoms with Crippen molar-refractivity contribution < 1.29 is 4.79 Å². The van der Waals surface area contributed by atoms with Crippen LogP contribution in [0.4, 0.5) is 16.3 Å². The van der Waals surface area contributed by atoms with Crippen LogP contribution < -0.4 is 16.0 Å². The molecule has 3 aromatic heterocycles. The number of benzene rings is 2. The number of amides is 2. The predicted octanol–water partition coefficient (Wildman–Crippen LogP) is 4.62. The maximum absolute atomic E-state index is 11.6. The average molecular weight is 469 g/mol. The molecule has 178 valence electrons. The SMILES string of the molecule is CNC(=O)Nc1ccc(-c2cnc3c(NCCCn4ccnc4)nc4cc(C)c(C)cc4n23)cc1. The van der Waals surface area contributed by atoms with Gasteiger partial charge in [0.15, 0.2) is 11.5 Å². The highest BCUT2D eigenvalue weighted by molar-refractivity contribution is 5.90. The van der Waals surface area contributed by atoms with Crippen molar-refractivity contribution in [1.82, 2.24) is 29.2 Å². The number of anilines is 2. The van der Waals surface area contributed by atoms with Crippen LogP contribution in [-0.2, 0) is 6.54 Å². The molecule has 0 fully saturated rings. The molecule has 0 saturated carbocycles. The maximum atomic E-state index is 11.6. The molecule has 35 heavy (non-hydrogen) atoms. The molecule has 2 amide bonds. The average Bonchev–Trinajstić information content (AvgIpc) is 3.54. The van der Waals surface area contributed by atoms with Crippen molar-refractivity contribution in [2.24, 2.45) is 0 Å². The fraction of sp³-hybridized carbons (Fsp3) is 0.231. The van der Waals surface area contributed by atoms with Gasteiger partial charge in [0.2, 0.25) is 0 Å². The summed E-state index contributed by atoms with van der Waals surface area (Å²) in [6, 6.07) is 11.8.